The zero-order chi connectivity index (χ0) is 14.3. The summed E-state index contributed by atoms with van der Waals surface area (Å²) in [7, 11) is 0. The Labute approximate surface area is 141 Å². The summed E-state index contributed by atoms with van der Waals surface area (Å²) in [5.41, 5.74) is 5.42. The third-order valence-electron chi connectivity index (χ3n) is 4.13. The fourth-order valence-electron chi connectivity index (χ4n) is 2.58. The molecule has 1 saturated heterocycles. The van der Waals surface area contributed by atoms with Crippen molar-refractivity contribution in [1.29, 1.82) is 0 Å². The van der Waals surface area contributed by atoms with Crippen LogP contribution in [0.3, 0.4) is 0 Å². The van der Waals surface area contributed by atoms with Gasteiger partial charge in [0.2, 0.25) is 5.91 Å². The summed E-state index contributed by atoms with van der Waals surface area (Å²) >= 11 is 0. The molecule has 1 amide bonds. The van der Waals surface area contributed by atoms with Gasteiger partial charge in [0.05, 0.1) is 5.41 Å². The molecule has 1 unspecified atom stereocenters. The first-order valence-corrected chi connectivity index (χ1v) is 7.39. The van der Waals surface area contributed by atoms with E-state index in [1.165, 1.54) is 0 Å². The van der Waals surface area contributed by atoms with E-state index in [1.807, 2.05) is 0 Å². The highest BCUT2D eigenvalue weighted by atomic mass is 35.5. The maximum absolute atomic E-state index is 12.5. The topological polar surface area (TPSA) is 67.6 Å². The summed E-state index contributed by atoms with van der Waals surface area (Å²) in [5.74, 6) is 0.0953. The van der Waals surface area contributed by atoms with Gasteiger partial charge in [0.15, 0.2) is 0 Å². The van der Waals surface area contributed by atoms with Gasteiger partial charge in [0.25, 0.3) is 0 Å². The molecule has 0 aromatic carbocycles. The number of hydrogen-bond acceptors (Lipinski definition) is 4. The average Bonchev–Trinajstić information content (AvgIpc) is 2.45. The average molecular weight is 344 g/mol. The fraction of sp³-hybridized carbons (Fsp3) is 0.929. The van der Waals surface area contributed by atoms with Gasteiger partial charge in [0.1, 0.15) is 0 Å². The van der Waals surface area contributed by atoms with Crippen LogP contribution in [-0.2, 0) is 9.53 Å². The molecule has 0 saturated carbocycles. The van der Waals surface area contributed by atoms with Crippen molar-refractivity contribution in [2.75, 3.05) is 39.4 Å². The van der Waals surface area contributed by atoms with Crippen molar-refractivity contribution in [2.24, 2.45) is 11.1 Å². The van der Waals surface area contributed by atoms with E-state index in [-0.39, 0.29) is 36.8 Å². The SMILES string of the molecule is CCN(CC)CC(C)NC(=O)C1(CN)CCOCC1.Cl.Cl. The Balaban J connectivity index is 0. The highest BCUT2D eigenvalue weighted by Gasteiger charge is 2.39. The molecule has 3 N–H and O–H groups in total. The molecule has 0 bridgehead atoms. The number of carbonyl (C=O) groups excluding carboxylic acids is 1. The van der Waals surface area contributed by atoms with E-state index in [0.29, 0.717) is 19.8 Å². The van der Waals surface area contributed by atoms with Gasteiger partial charge in [-0.2, -0.15) is 0 Å². The Morgan fingerprint density at radius 2 is 1.81 bits per heavy atom. The lowest BCUT2D eigenvalue weighted by Gasteiger charge is -2.36. The number of hydrogen-bond donors (Lipinski definition) is 2. The number of nitrogens with two attached hydrogens (primary N) is 1. The largest absolute Gasteiger partial charge is 0.381 e. The molecular formula is C14H31Cl2N3O2. The van der Waals surface area contributed by atoms with Gasteiger partial charge in [-0.05, 0) is 32.9 Å². The smallest absolute Gasteiger partial charge is 0.227 e. The summed E-state index contributed by atoms with van der Waals surface area (Å²) < 4.78 is 5.34. The summed E-state index contributed by atoms with van der Waals surface area (Å²) in [5, 5.41) is 3.12. The molecule has 1 aliphatic heterocycles. The minimum atomic E-state index is -0.421. The van der Waals surface area contributed by atoms with E-state index in [9.17, 15) is 4.79 Å². The van der Waals surface area contributed by atoms with E-state index in [2.05, 4.69) is 31.0 Å². The predicted octanol–water partition coefficient (Wildman–Crippen LogP) is 1.43. The summed E-state index contributed by atoms with van der Waals surface area (Å²) in [6.07, 6.45) is 1.46. The van der Waals surface area contributed by atoms with Crippen molar-refractivity contribution in [2.45, 2.75) is 39.7 Å². The van der Waals surface area contributed by atoms with E-state index in [1.54, 1.807) is 0 Å². The monoisotopic (exact) mass is 343 g/mol. The number of halogens is 2. The fourth-order valence-corrected chi connectivity index (χ4v) is 2.58. The van der Waals surface area contributed by atoms with Crippen molar-refractivity contribution in [1.82, 2.24) is 10.2 Å². The van der Waals surface area contributed by atoms with Crippen molar-refractivity contribution < 1.29 is 9.53 Å². The van der Waals surface area contributed by atoms with Gasteiger partial charge in [-0.25, -0.2) is 0 Å². The molecule has 0 aromatic heterocycles. The zero-order valence-electron chi connectivity index (χ0n) is 13.4. The molecule has 1 atom stereocenters. The van der Waals surface area contributed by atoms with Gasteiger partial charge in [-0.1, -0.05) is 13.8 Å². The molecule has 0 aromatic rings. The molecule has 1 aliphatic rings. The van der Waals surface area contributed by atoms with Gasteiger partial charge in [-0.15, -0.1) is 24.8 Å². The van der Waals surface area contributed by atoms with Crippen molar-refractivity contribution in [3.63, 3.8) is 0 Å². The number of nitrogens with one attached hydrogen (secondary N) is 1. The van der Waals surface area contributed by atoms with E-state index in [0.717, 1.165) is 32.5 Å². The highest BCUT2D eigenvalue weighted by Crippen LogP contribution is 2.29. The van der Waals surface area contributed by atoms with Crippen molar-refractivity contribution in [3.8, 4) is 0 Å². The number of nitrogens with zero attached hydrogens (tertiary/aromatic N) is 1. The molecule has 1 fully saturated rings. The highest BCUT2D eigenvalue weighted by molar-refractivity contribution is 5.85. The Kier molecular flexibility index (Phi) is 12.7. The Morgan fingerprint density at radius 3 is 2.24 bits per heavy atom. The standard InChI is InChI=1S/C14H29N3O2.2ClH/c1-4-17(5-2)10-12(3)16-13(18)14(11-15)6-8-19-9-7-14;;/h12H,4-11,15H2,1-3H3,(H,16,18);2*1H. The second-order valence-electron chi connectivity index (χ2n) is 5.46. The first kappa shape index (κ1) is 23.2. The quantitative estimate of drug-likeness (QED) is 0.733. The minimum Gasteiger partial charge on any atom is -0.381 e. The number of likely N-dealkylation sites (N-methyl/N-ethyl adjacent to an activating group) is 1. The zero-order valence-corrected chi connectivity index (χ0v) is 15.0. The lowest BCUT2D eigenvalue weighted by molar-refractivity contribution is -0.136. The van der Waals surface area contributed by atoms with Gasteiger partial charge < -0.3 is 20.7 Å². The summed E-state index contributed by atoms with van der Waals surface area (Å²) in [6.45, 7) is 10.9. The Hall–Kier alpha value is -0.0700. The molecule has 21 heavy (non-hydrogen) atoms. The molecular weight excluding hydrogens is 313 g/mol. The molecule has 128 valence electrons. The molecule has 7 heteroatoms. The van der Waals surface area contributed by atoms with Gasteiger partial charge in [0, 0.05) is 32.3 Å². The maximum Gasteiger partial charge on any atom is 0.227 e. The Bertz CT molecular complexity index is 283. The third-order valence-corrected chi connectivity index (χ3v) is 4.13. The minimum absolute atomic E-state index is 0. The second kappa shape index (κ2) is 11.5. The van der Waals surface area contributed by atoms with Crippen LogP contribution in [0.4, 0.5) is 0 Å². The van der Waals surface area contributed by atoms with Crippen LogP contribution in [0.5, 0.6) is 0 Å². The maximum atomic E-state index is 12.5. The summed E-state index contributed by atoms with van der Waals surface area (Å²) in [6, 6.07) is 0.152. The van der Waals surface area contributed by atoms with Crippen LogP contribution in [0.15, 0.2) is 0 Å². The van der Waals surface area contributed by atoms with Crippen LogP contribution < -0.4 is 11.1 Å². The number of rotatable bonds is 7. The van der Waals surface area contributed by atoms with E-state index < -0.39 is 5.41 Å². The molecule has 0 spiro atoms. The van der Waals surface area contributed by atoms with Crippen molar-refractivity contribution in [3.05, 3.63) is 0 Å². The third kappa shape index (κ3) is 6.70. The molecule has 5 nitrogen and oxygen atoms in total. The molecule has 0 radical (unpaired) electrons. The van der Waals surface area contributed by atoms with Crippen LogP contribution in [0.1, 0.15) is 33.6 Å². The number of ether oxygens (including phenoxy) is 1. The van der Waals surface area contributed by atoms with Crippen LogP contribution in [0.2, 0.25) is 0 Å². The van der Waals surface area contributed by atoms with Crippen LogP contribution in [0, 0.1) is 5.41 Å². The van der Waals surface area contributed by atoms with E-state index >= 15 is 0 Å². The Morgan fingerprint density at radius 1 is 1.29 bits per heavy atom. The van der Waals surface area contributed by atoms with E-state index in [4.69, 9.17) is 10.5 Å². The first-order valence-electron chi connectivity index (χ1n) is 7.39. The number of amides is 1. The van der Waals surface area contributed by atoms with Crippen molar-refractivity contribution >= 4 is 30.7 Å². The number of carbonyl (C=O) groups is 1. The molecule has 1 rings (SSSR count). The van der Waals surface area contributed by atoms with Crippen LogP contribution >= 0.6 is 24.8 Å². The second-order valence-corrected chi connectivity index (χ2v) is 5.46. The van der Waals surface area contributed by atoms with Crippen LogP contribution in [-0.4, -0.2) is 56.2 Å². The predicted molar refractivity (Wildman–Crippen MR) is 91.4 cm³/mol. The van der Waals surface area contributed by atoms with Gasteiger partial charge >= 0.3 is 0 Å². The van der Waals surface area contributed by atoms with Crippen LogP contribution in [0.25, 0.3) is 0 Å². The first-order chi connectivity index (χ1) is 9.07. The molecule has 0 aliphatic carbocycles. The normalized spacial score (nSPS) is 18.3. The lowest BCUT2D eigenvalue weighted by Crippen LogP contribution is -2.53. The lowest BCUT2D eigenvalue weighted by atomic mass is 9.79. The van der Waals surface area contributed by atoms with Gasteiger partial charge in [-0.3, -0.25) is 4.79 Å². The molecule has 1 heterocycles. The summed E-state index contributed by atoms with van der Waals surface area (Å²) in [4.78, 5) is 14.8.